The Hall–Kier alpha value is -3.00. The normalized spacial score (nSPS) is 14.8. The van der Waals surface area contributed by atoms with Crippen LogP contribution < -0.4 is 24.3 Å². The monoisotopic (exact) mass is 384 g/mol. The van der Waals surface area contributed by atoms with Crippen LogP contribution in [0.4, 0.5) is 5.13 Å². The van der Waals surface area contributed by atoms with Crippen molar-refractivity contribution in [1.82, 2.24) is 4.98 Å². The Balaban J connectivity index is 1.32. The Labute approximate surface area is 158 Å². The van der Waals surface area contributed by atoms with Crippen molar-refractivity contribution in [2.24, 2.45) is 0 Å². The number of nitrogens with zero attached hydrogens (tertiary/aromatic N) is 1. The first-order valence-corrected chi connectivity index (χ1v) is 9.45. The maximum absolute atomic E-state index is 12.4. The van der Waals surface area contributed by atoms with E-state index in [1.165, 1.54) is 11.3 Å². The van der Waals surface area contributed by atoms with E-state index >= 15 is 0 Å². The van der Waals surface area contributed by atoms with Gasteiger partial charge in [-0.2, -0.15) is 0 Å². The van der Waals surface area contributed by atoms with Gasteiger partial charge >= 0.3 is 0 Å². The van der Waals surface area contributed by atoms with Crippen LogP contribution in [0.2, 0.25) is 0 Å². The Bertz CT molecular complexity index is 989. The molecule has 2 aliphatic rings. The minimum absolute atomic E-state index is 0.136. The minimum atomic E-state index is -0.136. The first-order chi connectivity index (χ1) is 13.2. The lowest BCUT2D eigenvalue weighted by molar-refractivity contribution is -0.115. The summed E-state index contributed by atoms with van der Waals surface area (Å²) in [7, 11) is 0. The molecule has 7 nitrogen and oxygen atoms in total. The van der Waals surface area contributed by atoms with Crippen LogP contribution in [-0.2, 0) is 11.2 Å². The van der Waals surface area contributed by atoms with Crippen LogP contribution in [0.5, 0.6) is 23.0 Å². The second kappa shape index (κ2) is 6.62. The number of ether oxygens (including phenoxy) is 4. The SMILES string of the molecule is O=C(Cc1ccc2c(c1)OCCO2)Nc1nc2cc3c(cc2s1)OCCO3. The van der Waals surface area contributed by atoms with Gasteiger partial charge in [0.25, 0.3) is 0 Å². The molecule has 1 amide bonds. The van der Waals surface area contributed by atoms with Crippen LogP contribution >= 0.6 is 11.3 Å². The van der Waals surface area contributed by atoms with Gasteiger partial charge in [0.05, 0.1) is 16.6 Å². The highest BCUT2D eigenvalue weighted by Gasteiger charge is 2.17. The lowest BCUT2D eigenvalue weighted by Gasteiger charge is -2.18. The van der Waals surface area contributed by atoms with Gasteiger partial charge in [-0.25, -0.2) is 4.98 Å². The average molecular weight is 384 g/mol. The maximum atomic E-state index is 12.4. The molecule has 2 aromatic carbocycles. The summed E-state index contributed by atoms with van der Waals surface area (Å²) >= 11 is 1.41. The summed E-state index contributed by atoms with van der Waals surface area (Å²) in [6, 6.07) is 9.29. The van der Waals surface area contributed by atoms with E-state index in [-0.39, 0.29) is 12.3 Å². The van der Waals surface area contributed by atoms with Crippen molar-refractivity contribution in [1.29, 1.82) is 0 Å². The summed E-state index contributed by atoms with van der Waals surface area (Å²) in [5.74, 6) is 2.66. The molecule has 0 fully saturated rings. The topological polar surface area (TPSA) is 78.9 Å². The van der Waals surface area contributed by atoms with Crippen LogP contribution in [-0.4, -0.2) is 37.3 Å². The van der Waals surface area contributed by atoms with Crippen molar-refractivity contribution in [3.05, 3.63) is 35.9 Å². The number of anilines is 1. The quantitative estimate of drug-likeness (QED) is 0.748. The Morgan fingerprint density at radius 2 is 1.59 bits per heavy atom. The first kappa shape index (κ1) is 16.2. The number of carbonyl (C=O) groups is 1. The number of aromatic nitrogens is 1. The third kappa shape index (κ3) is 3.23. The predicted molar refractivity (Wildman–Crippen MR) is 100 cm³/mol. The Kier molecular flexibility index (Phi) is 3.97. The molecule has 0 aliphatic carbocycles. The van der Waals surface area contributed by atoms with Gasteiger partial charge in [-0.05, 0) is 17.7 Å². The molecule has 138 valence electrons. The predicted octanol–water partition coefficient (Wildman–Crippen LogP) is 3.02. The first-order valence-electron chi connectivity index (χ1n) is 8.63. The summed E-state index contributed by atoms with van der Waals surface area (Å²) in [5.41, 5.74) is 1.63. The van der Waals surface area contributed by atoms with E-state index < -0.39 is 0 Å². The zero-order chi connectivity index (χ0) is 18.2. The molecule has 3 aromatic rings. The van der Waals surface area contributed by atoms with Crippen LogP contribution in [0.3, 0.4) is 0 Å². The summed E-state index contributed by atoms with van der Waals surface area (Å²) < 4.78 is 23.2. The second-order valence-electron chi connectivity index (χ2n) is 6.19. The van der Waals surface area contributed by atoms with Crippen molar-refractivity contribution in [3.8, 4) is 23.0 Å². The van der Waals surface area contributed by atoms with Gasteiger partial charge in [0.2, 0.25) is 5.91 Å². The summed E-state index contributed by atoms with van der Waals surface area (Å²) in [5, 5.41) is 3.42. The number of hydrogen-bond acceptors (Lipinski definition) is 7. The molecule has 0 bridgehead atoms. The van der Waals surface area contributed by atoms with Crippen molar-refractivity contribution >= 4 is 32.6 Å². The Morgan fingerprint density at radius 3 is 2.37 bits per heavy atom. The van der Waals surface area contributed by atoms with Crippen LogP contribution in [0, 0.1) is 0 Å². The molecule has 1 aromatic heterocycles. The van der Waals surface area contributed by atoms with Gasteiger partial charge in [-0.15, -0.1) is 0 Å². The summed E-state index contributed by atoms with van der Waals surface area (Å²) in [4.78, 5) is 16.9. The van der Waals surface area contributed by atoms with E-state index in [0.29, 0.717) is 54.6 Å². The van der Waals surface area contributed by atoms with Gasteiger partial charge < -0.3 is 24.3 Å². The molecule has 0 radical (unpaired) electrons. The zero-order valence-electron chi connectivity index (χ0n) is 14.3. The molecule has 0 atom stereocenters. The zero-order valence-corrected chi connectivity index (χ0v) is 15.1. The molecule has 1 N–H and O–H groups in total. The average Bonchev–Trinajstić information content (AvgIpc) is 3.06. The van der Waals surface area contributed by atoms with Crippen LogP contribution in [0.25, 0.3) is 10.2 Å². The second-order valence-corrected chi connectivity index (χ2v) is 7.22. The number of thiazole rings is 1. The van der Waals surface area contributed by atoms with E-state index in [2.05, 4.69) is 10.3 Å². The van der Waals surface area contributed by atoms with Gasteiger partial charge in [-0.3, -0.25) is 4.79 Å². The van der Waals surface area contributed by atoms with Crippen molar-refractivity contribution in [3.63, 3.8) is 0 Å². The lowest BCUT2D eigenvalue weighted by atomic mass is 10.1. The molecule has 27 heavy (non-hydrogen) atoms. The molecular weight excluding hydrogens is 368 g/mol. The molecule has 3 heterocycles. The fourth-order valence-electron chi connectivity index (χ4n) is 3.06. The lowest BCUT2D eigenvalue weighted by Crippen LogP contribution is -2.17. The molecule has 8 heteroatoms. The van der Waals surface area contributed by atoms with Crippen molar-refractivity contribution < 1.29 is 23.7 Å². The van der Waals surface area contributed by atoms with Gasteiger partial charge in [0, 0.05) is 12.1 Å². The van der Waals surface area contributed by atoms with Crippen molar-refractivity contribution in [2.75, 3.05) is 31.7 Å². The molecule has 0 spiro atoms. The van der Waals surface area contributed by atoms with E-state index in [9.17, 15) is 4.79 Å². The molecule has 0 unspecified atom stereocenters. The largest absolute Gasteiger partial charge is 0.486 e. The number of rotatable bonds is 3. The van der Waals surface area contributed by atoms with Gasteiger partial charge in [-0.1, -0.05) is 17.4 Å². The van der Waals surface area contributed by atoms with E-state index in [4.69, 9.17) is 18.9 Å². The highest BCUT2D eigenvalue weighted by molar-refractivity contribution is 7.22. The summed E-state index contributed by atoms with van der Waals surface area (Å²) in [6.07, 6.45) is 0.231. The number of carbonyl (C=O) groups excluding carboxylic acids is 1. The van der Waals surface area contributed by atoms with E-state index in [0.717, 1.165) is 15.8 Å². The van der Waals surface area contributed by atoms with E-state index in [1.807, 2.05) is 30.3 Å². The minimum Gasteiger partial charge on any atom is -0.486 e. The van der Waals surface area contributed by atoms with E-state index in [1.54, 1.807) is 0 Å². The van der Waals surface area contributed by atoms with Crippen LogP contribution in [0.1, 0.15) is 5.56 Å². The Morgan fingerprint density at radius 1 is 0.926 bits per heavy atom. The number of fused-ring (bicyclic) bond motifs is 3. The molecular formula is C19H16N2O5S. The van der Waals surface area contributed by atoms with Crippen molar-refractivity contribution in [2.45, 2.75) is 6.42 Å². The highest BCUT2D eigenvalue weighted by atomic mass is 32.1. The third-order valence-corrected chi connectivity index (χ3v) is 5.20. The van der Waals surface area contributed by atoms with Gasteiger partial charge in [0.1, 0.15) is 26.4 Å². The molecule has 5 rings (SSSR count). The standard InChI is InChI=1S/C19H16N2O5S/c22-18(8-11-1-2-13-14(7-11)24-4-3-23-13)21-19-20-12-9-15-16(10-17(12)27-19)26-6-5-25-15/h1-2,7,9-10H,3-6,8H2,(H,20,21,22). The third-order valence-electron chi connectivity index (χ3n) is 4.27. The maximum Gasteiger partial charge on any atom is 0.230 e. The highest BCUT2D eigenvalue weighted by Crippen LogP contribution is 2.38. The smallest absolute Gasteiger partial charge is 0.230 e. The number of benzene rings is 2. The number of nitrogens with one attached hydrogen (secondary N) is 1. The van der Waals surface area contributed by atoms with Gasteiger partial charge in [0.15, 0.2) is 28.1 Å². The number of hydrogen-bond donors (Lipinski definition) is 1. The van der Waals surface area contributed by atoms with Crippen LogP contribution in [0.15, 0.2) is 30.3 Å². The molecule has 0 saturated carbocycles. The summed E-state index contributed by atoms with van der Waals surface area (Å²) in [6.45, 7) is 2.13. The fourth-order valence-corrected chi connectivity index (χ4v) is 3.96. The molecule has 2 aliphatic heterocycles. The fraction of sp³-hybridized carbons (Fsp3) is 0.263. The number of amides is 1. The molecule has 0 saturated heterocycles.